The number of aryl methyl sites for hydroxylation is 1. The summed E-state index contributed by atoms with van der Waals surface area (Å²) in [7, 11) is 0. The van der Waals surface area contributed by atoms with E-state index in [0.29, 0.717) is 18.4 Å². The molecule has 0 aromatic heterocycles. The van der Waals surface area contributed by atoms with Gasteiger partial charge in [-0.05, 0) is 37.5 Å². The molecule has 18 heavy (non-hydrogen) atoms. The van der Waals surface area contributed by atoms with Crippen molar-refractivity contribution >= 4 is 5.91 Å². The summed E-state index contributed by atoms with van der Waals surface area (Å²) in [6.45, 7) is 5.32. The molecule has 1 aromatic carbocycles. The topological polar surface area (TPSA) is 49.3 Å². The maximum absolute atomic E-state index is 13.4. The van der Waals surface area contributed by atoms with Gasteiger partial charge in [0.2, 0.25) is 0 Å². The maximum atomic E-state index is 13.4. The Kier molecular flexibility index (Phi) is 4.84. The molecule has 2 N–H and O–H groups in total. The van der Waals surface area contributed by atoms with Gasteiger partial charge in [-0.3, -0.25) is 4.79 Å². The molecule has 0 fully saturated rings. The Morgan fingerprint density at radius 1 is 1.39 bits per heavy atom. The highest BCUT2D eigenvalue weighted by Crippen LogP contribution is 2.16. The number of aliphatic hydroxyl groups is 1. The molecule has 1 aromatic rings. The third-order valence-electron chi connectivity index (χ3n) is 3.47. The highest BCUT2D eigenvalue weighted by molar-refractivity contribution is 5.94. The van der Waals surface area contributed by atoms with E-state index in [4.69, 9.17) is 0 Å². The molecule has 3 nitrogen and oxygen atoms in total. The van der Waals surface area contributed by atoms with Gasteiger partial charge in [0.15, 0.2) is 0 Å². The van der Waals surface area contributed by atoms with E-state index in [9.17, 15) is 14.3 Å². The number of rotatable bonds is 5. The van der Waals surface area contributed by atoms with Crippen LogP contribution in [-0.2, 0) is 0 Å². The van der Waals surface area contributed by atoms with Crippen LogP contribution in [0.25, 0.3) is 0 Å². The quantitative estimate of drug-likeness (QED) is 0.846. The highest BCUT2D eigenvalue weighted by atomic mass is 19.1. The molecule has 1 amide bonds. The van der Waals surface area contributed by atoms with E-state index in [1.54, 1.807) is 19.1 Å². The molecule has 0 aliphatic rings. The molecule has 0 bridgehead atoms. The highest BCUT2D eigenvalue weighted by Gasteiger charge is 2.27. The number of amides is 1. The van der Waals surface area contributed by atoms with Gasteiger partial charge < -0.3 is 10.4 Å². The lowest BCUT2D eigenvalue weighted by Crippen LogP contribution is -2.50. The Hall–Kier alpha value is -1.42. The molecule has 0 spiro atoms. The number of aliphatic hydroxyl groups excluding tert-OH is 1. The molecule has 0 aliphatic heterocycles. The lowest BCUT2D eigenvalue weighted by atomic mass is 9.93. The fourth-order valence-electron chi connectivity index (χ4n) is 1.74. The number of hydrogen-bond donors (Lipinski definition) is 2. The molecule has 0 saturated carbocycles. The van der Waals surface area contributed by atoms with E-state index in [2.05, 4.69) is 5.32 Å². The normalized spacial score (nSPS) is 11.4. The molecule has 1 rings (SSSR count). The first kappa shape index (κ1) is 14.6. The molecule has 0 heterocycles. The number of benzene rings is 1. The summed E-state index contributed by atoms with van der Waals surface area (Å²) < 4.78 is 13.4. The van der Waals surface area contributed by atoms with Crippen molar-refractivity contribution in [3.8, 4) is 0 Å². The van der Waals surface area contributed by atoms with Gasteiger partial charge in [0.05, 0.1) is 12.1 Å². The molecule has 0 unspecified atom stereocenters. The first-order valence-electron chi connectivity index (χ1n) is 6.17. The van der Waals surface area contributed by atoms with Crippen molar-refractivity contribution in [2.75, 3.05) is 6.61 Å². The van der Waals surface area contributed by atoms with Crippen LogP contribution < -0.4 is 5.32 Å². The van der Waals surface area contributed by atoms with Crippen LogP contribution in [0.1, 0.15) is 42.6 Å². The van der Waals surface area contributed by atoms with Crippen molar-refractivity contribution in [3.63, 3.8) is 0 Å². The van der Waals surface area contributed by atoms with E-state index in [1.165, 1.54) is 6.07 Å². The van der Waals surface area contributed by atoms with Crippen molar-refractivity contribution in [2.45, 2.75) is 39.2 Å². The van der Waals surface area contributed by atoms with Crippen molar-refractivity contribution in [1.82, 2.24) is 5.32 Å². The molecule has 0 radical (unpaired) electrons. The van der Waals surface area contributed by atoms with E-state index in [1.807, 2.05) is 13.8 Å². The third kappa shape index (κ3) is 3.07. The van der Waals surface area contributed by atoms with Crippen LogP contribution in [0, 0.1) is 12.7 Å². The van der Waals surface area contributed by atoms with Gasteiger partial charge in [-0.2, -0.15) is 0 Å². The monoisotopic (exact) mass is 253 g/mol. The third-order valence-corrected chi connectivity index (χ3v) is 3.47. The molecular weight excluding hydrogens is 233 g/mol. The molecule has 100 valence electrons. The summed E-state index contributed by atoms with van der Waals surface area (Å²) in [5, 5.41) is 12.2. The van der Waals surface area contributed by atoms with Crippen LogP contribution in [0.3, 0.4) is 0 Å². The Balaban J connectivity index is 2.90. The number of carbonyl (C=O) groups excluding carboxylic acids is 1. The number of carbonyl (C=O) groups is 1. The zero-order chi connectivity index (χ0) is 13.8. The van der Waals surface area contributed by atoms with Gasteiger partial charge in [0.1, 0.15) is 5.82 Å². The maximum Gasteiger partial charge on any atom is 0.251 e. The lowest BCUT2D eigenvalue weighted by Gasteiger charge is -2.30. The van der Waals surface area contributed by atoms with Gasteiger partial charge in [-0.15, -0.1) is 0 Å². The van der Waals surface area contributed by atoms with Crippen molar-refractivity contribution in [1.29, 1.82) is 0 Å². The van der Waals surface area contributed by atoms with Crippen LogP contribution in [0.4, 0.5) is 4.39 Å². The Bertz CT molecular complexity index is 420. The second-order valence-electron chi connectivity index (χ2n) is 4.56. The van der Waals surface area contributed by atoms with Crippen LogP contribution >= 0.6 is 0 Å². The van der Waals surface area contributed by atoms with Gasteiger partial charge in [-0.1, -0.05) is 19.9 Å². The zero-order valence-electron chi connectivity index (χ0n) is 11.1. The Labute approximate surface area is 107 Å². The molecule has 0 aliphatic carbocycles. The van der Waals surface area contributed by atoms with Crippen LogP contribution in [-0.4, -0.2) is 23.2 Å². The minimum absolute atomic E-state index is 0.125. The average molecular weight is 253 g/mol. The van der Waals surface area contributed by atoms with Crippen LogP contribution in [0.5, 0.6) is 0 Å². The van der Waals surface area contributed by atoms with Gasteiger partial charge in [0, 0.05) is 5.56 Å². The van der Waals surface area contributed by atoms with Crippen LogP contribution in [0.15, 0.2) is 18.2 Å². The smallest absolute Gasteiger partial charge is 0.251 e. The van der Waals surface area contributed by atoms with Crippen molar-refractivity contribution < 1.29 is 14.3 Å². The van der Waals surface area contributed by atoms with E-state index in [0.717, 1.165) is 0 Å². The Morgan fingerprint density at radius 3 is 2.44 bits per heavy atom. The molecule has 0 atom stereocenters. The molecular formula is C14H20FNO2. The first-order valence-corrected chi connectivity index (χ1v) is 6.17. The summed E-state index contributed by atoms with van der Waals surface area (Å²) in [6.07, 6.45) is 1.25. The average Bonchev–Trinajstić information content (AvgIpc) is 2.39. The summed E-state index contributed by atoms with van der Waals surface area (Å²) in [6, 6.07) is 4.38. The number of hydrogen-bond acceptors (Lipinski definition) is 2. The predicted octanol–water partition coefficient (Wildman–Crippen LogP) is 2.42. The largest absolute Gasteiger partial charge is 0.394 e. The fraction of sp³-hybridized carbons (Fsp3) is 0.500. The summed E-state index contributed by atoms with van der Waals surface area (Å²) in [4.78, 5) is 12.0. The van der Waals surface area contributed by atoms with E-state index >= 15 is 0 Å². The second kappa shape index (κ2) is 5.96. The van der Waals surface area contributed by atoms with Gasteiger partial charge >= 0.3 is 0 Å². The minimum Gasteiger partial charge on any atom is -0.394 e. The summed E-state index contributed by atoms with van der Waals surface area (Å²) in [5.74, 6) is -0.753. The van der Waals surface area contributed by atoms with Crippen LogP contribution in [0.2, 0.25) is 0 Å². The Morgan fingerprint density at radius 2 is 2.00 bits per heavy atom. The first-order chi connectivity index (χ1) is 8.48. The van der Waals surface area contributed by atoms with Crippen molar-refractivity contribution in [2.24, 2.45) is 0 Å². The summed E-state index contributed by atoms with van der Waals surface area (Å²) in [5.41, 5.74) is 0.155. The predicted molar refractivity (Wildman–Crippen MR) is 69.0 cm³/mol. The minimum atomic E-state index is -0.627. The van der Waals surface area contributed by atoms with Gasteiger partial charge in [-0.25, -0.2) is 4.39 Å². The van der Waals surface area contributed by atoms with E-state index in [-0.39, 0.29) is 18.1 Å². The van der Waals surface area contributed by atoms with Crippen molar-refractivity contribution in [3.05, 3.63) is 35.1 Å². The molecule has 4 heteroatoms. The SMILES string of the molecule is CCC(CC)(CO)NC(=O)c1ccc(C)c(F)c1. The van der Waals surface area contributed by atoms with Gasteiger partial charge in [0.25, 0.3) is 5.91 Å². The number of halogens is 1. The summed E-state index contributed by atoms with van der Waals surface area (Å²) >= 11 is 0. The zero-order valence-corrected chi connectivity index (χ0v) is 11.1. The van der Waals surface area contributed by atoms with E-state index < -0.39 is 11.4 Å². The lowest BCUT2D eigenvalue weighted by molar-refractivity contribution is 0.0817. The standard InChI is InChI=1S/C14H20FNO2/c1-4-14(5-2,9-17)16-13(18)11-7-6-10(3)12(15)8-11/h6-8,17H,4-5,9H2,1-3H3,(H,16,18). The fourth-order valence-corrected chi connectivity index (χ4v) is 1.74. The second-order valence-corrected chi connectivity index (χ2v) is 4.56. The molecule has 0 saturated heterocycles. The number of nitrogens with one attached hydrogen (secondary N) is 1.